The van der Waals surface area contributed by atoms with Crippen LogP contribution < -0.4 is 10.6 Å². The highest BCUT2D eigenvalue weighted by Crippen LogP contribution is 2.34. The van der Waals surface area contributed by atoms with Crippen LogP contribution in [0, 0.1) is 20.8 Å². The number of aliphatic carboxylic acids is 2. The predicted molar refractivity (Wildman–Crippen MR) is 186 cm³/mol. The van der Waals surface area contributed by atoms with E-state index in [-0.39, 0.29) is 24.2 Å². The molecular formula is C39H37N3O6. The van der Waals surface area contributed by atoms with Gasteiger partial charge in [-0.05, 0) is 65.9 Å². The Morgan fingerprint density at radius 1 is 0.688 bits per heavy atom. The van der Waals surface area contributed by atoms with Crippen molar-refractivity contribution in [2.75, 3.05) is 10.6 Å². The molecule has 0 aromatic heterocycles. The molecule has 3 amide bonds. The lowest BCUT2D eigenvalue weighted by Gasteiger charge is -2.40. The summed E-state index contributed by atoms with van der Waals surface area (Å²) in [5.74, 6) is -3.59. The molecule has 0 aliphatic rings. The third-order valence-corrected chi connectivity index (χ3v) is 8.41. The molecule has 0 saturated heterocycles. The molecule has 0 aliphatic heterocycles. The normalized spacial score (nSPS) is 12.1. The number of fused-ring (bicyclic) bond motifs is 1. The Bertz CT molecular complexity index is 1970. The summed E-state index contributed by atoms with van der Waals surface area (Å²) in [6.07, 6.45) is -1.13. The third-order valence-electron chi connectivity index (χ3n) is 8.41. The number of carboxylic acids is 2. The monoisotopic (exact) mass is 643 g/mol. The fourth-order valence-corrected chi connectivity index (χ4v) is 6.20. The summed E-state index contributed by atoms with van der Waals surface area (Å²) in [5, 5.41) is 28.1. The molecule has 0 saturated carbocycles. The molecule has 0 spiro atoms. The minimum Gasteiger partial charge on any atom is -0.481 e. The smallest absolute Gasteiger partial charge is 0.330 e. The van der Waals surface area contributed by atoms with Gasteiger partial charge in [0.2, 0.25) is 0 Å². The lowest BCUT2D eigenvalue weighted by Crippen LogP contribution is -2.59. The van der Waals surface area contributed by atoms with E-state index < -0.39 is 35.8 Å². The Morgan fingerprint density at radius 3 is 1.79 bits per heavy atom. The van der Waals surface area contributed by atoms with E-state index in [1.165, 1.54) is 0 Å². The zero-order valence-electron chi connectivity index (χ0n) is 27.0. The minimum atomic E-state index is -2.19. The highest BCUT2D eigenvalue weighted by atomic mass is 16.4. The van der Waals surface area contributed by atoms with Gasteiger partial charge in [-0.3, -0.25) is 9.59 Å². The van der Waals surface area contributed by atoms with E-state index in [9.17, 15) is 29.4 Å². The first-order valence-corrected chi connectivity index (χ1v) is 15.5. The van der Waals surface area contributed by atoms with Crippen LogP contribution in [0.2, 0.25) is 0 Å². The van der Waals surface area contributed by atoms with Crippen molar-refractivity contribution in [3.8, 4) is 0 Å². The molecule has 48 heavy (non-hydrogen) atoms. The average Bonchev–Trinajstić information content (AvgIpc) is 3.05. The summed E-state index contributed by atoms with van der Waals surface area (Å²) < 4.78 is 0. The average molecular weight is 644 g/mol. The fraction of sp³-hybridized carbons (Fsp3) is 0.179. The Hall–Kier alpha value is -5.96. The van der Waals surface area contributed by atoms with Gasteiger partial charge in [0.1, 0.15) is 0 Å². The van der Waals surface area contributed by atoms with Crippen molar-refractivity contribution in [3.05, 3.63) is 143 Å². The first-order valence-electron chi connectivity index (χ1n) is 15.5. The minimum absolute atomic E-state index is 0.0150. The molecule has 0 radical (unpaired) electrons. The summed E-state index contributed by atoms with van der Waals surface area (Å²) in [4.78, 5) is 55.3. The molecule has 0 heterocycles. The Labute approximate surface area is 278 Å². The number of urea groups is 1. The van der Waals surface area contributed by atoms with Crippen LogP contribution in [0.4, 0.5) is 16.2 Å². The number of carboxylic acid groups (broad SMARTS) is 2. The second-order valence-corrected chi connectivity index (χ2v) is 12.0. The highest BCUT2D eigenvalue weighted by Gasteiger charge is 2.49. The summed E-state index contributed by atoms with van der Waals surface area (Å²) in [6.45, 7) is 5.55. The lowest BCUT2D eigenvalue weighted by molar-refractivity contribution is -0.157. The van der Waals surface area contributed by atoms with Crippen LogP contribution in [-0.2, 0) is 22.6 Å². The summed E-state index contributed by atoms with van der Waals surface area (Å²) >= 11 is 0. The highest BCUT2D eigenvalue weighted by molar-refractivity contribution is 6.11. The van der Waals surface area contributed by atoms with Crippen LogP contribution in [0.3, 0.4) is 0 Å². The number of carbonyl (C=O) groups is 4. The maximum absolute atomic E-state index is 14.9. The molecule has 5 rings (SSSR count). The van der Waals surface area contributed by atoms with Gasteiger partial charge in [0, 0.05) is 18.7 Å². The van der Waals surface area contributed by atoms with Gasteiger partial charge in [0.05, 0.1) is 17.7 Å². The van der Waals surface area contributed by atoms with Crippen LogP contribution in [0.15, 0.2) is 109 Å². The number of amides is 3. The molecule has 0 unspecified atom stereocenters. The van der Waals surface area contributed by atoms with E-state index in [2.05, 4.69) is 10.6 Å². The van der Waals surface area contributed by atoms with Crippen molar-refractivity contribution in [1.29, 1.82) is 0 Å². The molecule has 0 fully saturated rings. The van der Waals surface area contributed by atoms with Crippen LogP contribution in [-0.4, -0.2) is 44.5 Å². The van der Waals surface area contributed by atoms with Crippen LogP contribution in [0.5, 0.6) is 0 Å². The topological polar surface area (TPSA) is 136 Å². The fourth-order valence-electron chi connectivity index (χ4n) is 6.20. The van der Waals surface area contributed by atoms with Gasteiger partial charge in [0.15, 0.2) is 5.54 Å². The number of carbonyl (C=O) groups excluding carboxylic acids is 2. The van der Waals surface area contributed by atoms with Crippen molar-refractivity contribution in [3.63, 3.8) is 0 Å². The summed E-state index contributed by atoms with van der Waals surface area (Å²) in [5.41, 5.74) is 2.54. The van der Waals surface area contributed by atoms with E-state index in [4.69, 9.17) is 0 Å². The van der Waals surface area contributed by atoms with Crippen molar-refractivity contribution < 1.29 is 29.4 Å². The molecule has 244 valence electrons. The van der Waals surface area contributed by atoms with E-state index in [0.29, 0.717) is 22.2 Å². The van der Waals surface area contributed by atoms with Gasteiger partial charge < -0.3 is 25.7 Å². The van der Waals surface area contributed by atoms with Crippen LogP contribution in [0.25, 0.3) is 10.8 Å². The number of anilines is 2. The molecule has 4 N–H and O–H groups in total. The van der Waals surface area contributed by atoms with Crippen molar-refractivity contribution >= 4 is 46.0 Å². The maximum atomic E-state index is 14.9. The number of nitrogens with zero attached hydrogens (tertiary/aromatic N) is 1. The molecule has 9 heteroatoms. The number of nitrogens with one attached hydrogen (secondary N) is 2. The summed E-state index contributed by atoms with van der Waals surface area (Å²) in [7, 11) is 0. The second kappa shape index (κ2) is 14.2. The molecule has 9 nitrogen and oxygen atoms in total. The first kappa shape index (κ1) is 33.4. The van der Waals surface area contributed by atoms with Crippen LogP contribution in [0.1, 0.15) is 44.6 Å². The van der Waals surface area contributed by atoms with Gasteiger partial charge in [-0.1, -0.05) is 103 Å². The van der Waals surface area contributed by atoms with Crippen LogP contribution >= 0.6 is 0 Å². The van der Waals surface area contributed by atoms with Crippen molar-refractivity contribution in [1.82, 2.24) is 4.90 Å². The van der Waals surface area contributed by atoms with Gasteiger partial charge in [0.25, 0.3) is 5.91 Å². The standard InChI is InChI=1S/C39H37N3O6/c1-25-18-26(2)35(27(3)19-25)41-38(48)40-33-21-31-17-11-10-16-30(31)20-32(33)36(45)42(24-29-14-8-5-9-15-29)39(37(46)47,23-34(43)44)22-28-12-6-4-7-13-28/h4-21H,22-24H2,1-3H3,(H,43,44)(H,46,47)(H2,40,41,48)/t39-/m1/s1. The lowest BCUT2D eigenvalue weighted by atomic mass is 9.84. The third kappa shape index (κ3) is 7.36. The second-order valence-electron chi connectivity index (χ2n) is 12.0. The van der Waals surface area contributed by atoms with Gasteiger partial charge in [-0.2, -0.15) is 0 Å². The predicted octanol–water partition coefficient (Wildman–Crippen LogP) is 7.59. The zero-order valence-corrected chi connectivity index (χ0v) is 27.0. The number of rotatable bonds is 11. The molecule has 1 atom stereocenters. The molecule has 0 bridgehead atoms. The van der Waals surface area contributed by atoms with Gasteiger partial charge in [-0.15, -0.1) is 0 Å². The number of hydrogen-bond acceptors (Lipinski definition) is 4. The van der Waals surface area contributed by atoms with E-state index in [0.717, 1.165) is 27.0 Å². The Kier molecular flexibility index (Phi) is 9.89. The number of aryl methyl sites for hydroxylation is 3. The number of hydrogen-bond donors (Lipinski definition) is 4. The van der Waals surface area contributed by atoms with E-state index >= 15 is 0 Å². The quantitative estimate of drug-likeness (QED) is 0.117. The van der Waals surface area contributed by atoms with Gasteiger partial charge in [-0.25, -0.2) is 9.59 Å². The molecule has 5 aromatic carbocycles. The Morgan fingerprint density at radius 2 is 1.23 bits per heavy atom. The SMILES string of the molecule is Cc1cc(C)c(NC(=O)Nc2cc3ccccc3cc2C(=O)N(Cc2ccccc2)[C@@](CC(=O)O)(Cc2ccccc2)C(=O)O)c(C)c1. The van der Waals surface area contributed by atoms with E-state index in [1.807, 2.05) is 57.2 Å². The van der Waals surface area contributed by atoms with E-state index in [1.54, 1.807) is 72.8 Å². The maximum Gasteiger partial charge on any atom is 0.330 e. The molecule has 5 aromatic rings. The van der Waals surface area contributed by atoms with Crippen molar-refractivity contribution in [2.24, 2.45) is 0 Å². The van der Waals surface area contributed by atoms with Crippen molar-refractivity contribution in [2.45, 2.75) is 45.7 Å². The largest absolute Gasteiger partial charge is 0.481 e. The molecular weight excluding hydrogens is 606 g/mol. The van der Waals surface area contributed by atoms with Gasteiger partial charge >= 0.3 is 18.0 Å². The number of benzene rings is 5. The summed E-state index contributed by atoms with van der Waals surface area (Å²) in [6, 6.07) is 31.3. The Balaban J connectivity index is 1.65. The molecule has 0 aliphatic carbocycles. The zero-order chi connectivity index (χ0) is 34.4. The first-order chi connectivity index (χ1) is 23.0.